The SMILES string of the molecule is C1=CN2CCc3ccccc3C2c2ccccc21. The second-order valence-corrected chi connectivity index (χ2v) is 5.03. The summed E-state index contributed by atoms with van der Waals surface area (Å²) in [6.07, 6.45) is 5.64. The summed E-state index contributed by atoms with van der Waals surface area (Å²) in [7, 11) is 0. The molecule has 2 aromatic carbocycles. The molecule has 2 heterocycles. The first kappa shape index (κ1) is 9.95. The summed E-state index contributed by atoms with van der Waals surface area (Å²) in [5.41, 5.74) is 5.77. The minimum absolute atomic E-state index is 0.413. The van der Waals surface area contributed by atoms with E-state index in [0.29, 0.717) is 6.04 Å². The minimum Gasteiger partial charge on any atom is -0.366 e. The van der Waals surface area contributed by atoms with Gasteiger partial charge in [-0.15, -0.1) is 0 Å². The maximum absolute atomic E-state index is 2.46. The summed E-state index contributed by atoms with van der Waals surface area (Å²) in [6.45, 7) is 1.12. The van der Waals surface area contributed by atoms with E-state index in [9.17, 15) is 0 Å². The largest absolute Gasteiger partial charge is 0.366 e. The predicted molar refractivity (Wildman–Crippen MR) is 74.2 cm³/mol. The molecule has 0 amide bonds. The molecule has 1 unspecified atom stereocenters. The molecular formula is C17H15N. The quantitative estimate of drug-likeness (QED) is 0.671. The highest BCUT2D eigenvalue weighted by molar-refractivity contribution is 5.60. The maximum atomic E-state index is 2.46. The Morgan fingerprint density at radius 3 is 2.61 bits per heavy atom. The summed E-state index contributed by atoms with van der Waals surface area (Å²) in [6, 6.07) is 18.0. The van der Waals surface area contributed by atoms with Gasteiger partial charge < -0.3 is 4.90 Å². The van der Waals surface area contributed by atoms with Crippen LogP contribution in [0.3, 0.4) is 0 Å². The molecule has 0 aromatic heterocycles. The van der Waals surface area contributed by atoms with Crippen LogP contribution in [-0.2, 0) is 6.42 Å². The molecule has 0 radical (unpaired) electrons. The maximum Gasteiger partial charge on any atom is 0.0798 e. The Balaban J connectivity index is 1.94. The third kappa shape index (κ3) is 1.34. The average molecular weight is 233 g/mol. The van der Waals surface area contributed by atoms with Crippen molar-refractivity contribution in [2.24, 2.45) is 0 Å². The fourth-order valence-corrected chi connectivity index (χ4v) is 3.18. The number of benzene rings is 2. The molecule has 88 valence electrons. The van der Waals surface area contributed by atoms with Crippen molar-refractivity contribution in [2.45, 2.75) is 12.5 Å². The van der Waals surface area contributed by atoms with Crippen LogP contribution >= 0.6 is 0 Å². The van der Waals surface area contributed by atoms with E-state index in [0.717, 1.165) is 13.0 Å². The lowest BCUT2D eigenvalue weighted by atomic mass is 9.85. The Hall–Kier alpha value is -2.02. The van der Waals surface area contributed by atoms with Crippen molar-refractivity contribution in [3.63, 3.8) is 0 Å². The molecule has 0 saturated heterocycles. The van der Waals surface area contributed by atoms with E-state index in [1.807, 2.05) is 0 Å². The average Bonchev–Trinajstić information content (AvgIpc) is 2.46. The highest BCUT2D eigenvalue weighted by Gasteiger charge is 2.29. The molecule has 1 nitrogen and oxygen atoms in total. The Kier molecular flexibility index (Phi) is 2.07. The zero-order valence-corrected chi connectivity index (χ0v) is 10.2. The van der Waals surface area contributed by atoms with E-state index < -0.39 is 0 Å². The van der Waals surface area contributed by atoms with Crippen LogP contribution in [0.15, 0.2) is 54.7 Å². The van der Waals surface area contributed by atoms with Gasteiger partial charge in [-0.05, 0) is 34.8 Å². The van der Waals surface area contributed by atoms with Crippen molar-refractivity contribution in [1.82, 2.24) is 4.90 Å². The van der Waals surface area contributed by atoms with Crippen molar-refractivity contribution >= 4 is 6.08 Å². The minimum atomic E-state index is 0.413. The number of rotatable bonds is 0. The second kappa shape index (κ2) is 3.74. The summed E-state index contributed by atoms with van der Waals surface area (Å²) >= 11 is 0. The molecule has 2 aliphatic rings. The van der Waals surface area contributed by atoms with Gasteiger partial charge in [-0.3, -0.25) is 0 Å². The lowest BCUT2D eigenvalue weighted by molar-refractivity contribution is 0.298. The molecule has 0 spiro atoms. The molecule has 0 aliphatic carbocycles. The van der Waals surface area contributed by atoms with Gasteiger partial charge in [0, 0.05) is 12.7 Å². The van der Waals surface area contributed by atoms with Crippen LogP contribution in [0, 0.1) is 0 Å². The molecule has 4 rings (SSSR count). The Morgan fingerprint density at radius 2 is 1.67 bits per heavy atom. The lowest BCUT2D eigenvalue weighted by Crippen LogP contribution is -2.33. The van der Waals surface area contributed by atoms with Gasteiger partial charge in [-0.1, -0.05) is 48.5 Å². The zero-order valence-electron chi connectivity index (χ0n) is 10.2. The van der Waals surface area contributed by atoms with Crippen LogP contribution in [0.5, 0.6) is 0 Å². The smallest absolute Gasteiger partial charge is 0.0798 e. The van der Waals surface area contributed by atoms with E-state index >= 15 is 0 Å². The first-order chi connectivity index (χ1) is 8.93. The van der Waals surface area contributed by atoms with E-state index in [-0.39, 0.29) is 0 Å². The number of fused-ring (bicyclic) bond motifs is 5. The van der Waals surface area contributed by atoms with E-state index in [1.165, 1.54) is 22.3 Å². The molecule has 1 atom stereocenters. The first-order valence-corrected chi connectivity index (χ1v) is 6.54. The Labute approximate surface area is 107 Å². The van der Waals surface area contributed by atoms with Gasteiger partial charge in [0.25, 0.3) is 0 Å². The molecule has 18 heavy (non-hydrogen) atoms. The highest BCUT2D eigenvalue weighted by atomic mass is 15.1. The summed E-state index contributed by atoms with van der Waals surface area (Å²) in [4.78, 5) is 2.46. The van der Waals surface area contributed by atoms with Crippen molar-refractivity contribution in [3.8, 4) is 0 Å². The van der Waals surface area contributed by atoms with Gasteiger partial charge >= 0.3 is 0 Å². The number of hydrogen-bond donors (Lipinski definition) is 0. The lowest BCUT2D eigenvalue weighted by Gasteiger charge is -2.39. The summed E-state index contributed by atoms with van der Waals surface area (Å²) in [5.74, 6) is 0. The molecule has 2 aromatic rings. The van der Waals surface area contributed by atoms with Crippen LogP contribution in [0.4, 0.5) is 0 Å². The highest BCUT2D eigenvalue weighted by Crippen LogP contribution is 2.39. The first-order valence-electron chi connectivity index (χ1n) is 6.54. The van der Waals surface area contributed by atoms with Crippen LogP contribution < -0.4 is 0 Å². The van der Waals surface area contributed by atoms with Crippen molar-refractivity contribution < 1.29 is 0 Å². The normalized spacial score (nSPS) is 20.0. The fourth-order valence-electron chi connectivity index (χ4n) is 3.18. The van der Waals surface area contributed by atoms with Gasteiger partial charge in [0.05, 0.1) is 6.04 Å². The van der Waals surface area contributed by atoms with Gasteiger partial charge in [0.2, 0.25) is 0 Å². The number of hydrogen-bond acceptors (Lipinski definition) is 1. The van der Waals surface area contributed by atoms with Crippen molar-refractivity contribution in [1.29, 1.82) is 0 Å². The topological polar surface area (TPSA) is 3.24 Å². The van der Waals surface area contributed by atoms with Crippen molar-refractivity contribution in [3.05, 3.63) is 77.0 Å². The molecule has 0 N–H and O–H groups in total. The van der Waals surface area contributed by atoms with E-state index in [4.69, 9.17) is 0 Å². The van der Waals surface area contributed by atoms with Gasteiger partial charge in [-0.2, -0.15) is 0 Å². The van der Waals surface area contributed by atoms with E-state index in [1.54, 1.807) is 0 Å². The van der Waals surface area contributed by atoms with Gasteiger partial charge in [0.15, 0.2) is 0 Å². The monoisotopic (exact) mass is 233 g/mol. The Morgan fingerprint density at radius 1 is 0.889 bits per heavy atom. The third-order valence-electron chi connectivity index (χ3n) is 4.06. The molecular weight excluding hydrogens is 218 g/mol. The predicted octanol–water partition coefficient (Wildman–Crippen LogP) is 3.62. The van der Waals surface area contributed by atoms with Crippen molar-refractivity contribution in [2.75, 3.05) is 6.54 Å². The van der Waals surface area contributed by atoms with Crippen LogP contribution in [0.25, 0.3) is 6.08 Å². The molecule has 0 bridgehead atoms. The molecule has 0 saturated carbocycles. The molecule has 0 fully saturated rings. The second-order valence-electron chi connectivity index (χ2n) is 5.03. The summed E-state index contributed by atoms with van der Waals surface area (Å²) < 4.78 is 0. The number of nitrogens with zero attached hydrogens (tertiary/aromatic N) is 1. The third-order valence-corrected chi connectivity index (χ3v) is 4.06. The molecule has 1 heteroatoms. The summed E-state index contributed by atoms with van der Waals surface area (Å²) in [5, 5.41) is 0. The van der Waals surface area contributed by atoms with Gasteiger partial charge in [-0.25, -0.2) is 0 Å². The molecule has 2 aliphatic heterocycles. The standard InChI is InChI=1S/C17H15N/c1-3-7-15-13(5-1)9-11-18-12-10-14-6-2-4-8-16(14)17(15)18/h1-9,11,17H,10,12H2. The zero-order chi connectivity index (χ0) is 11.9. The van der Waals surface area contributed by atoms with Crippen LogP contribution in [-0.4, -0.2) is 11.4 Å². The van der Waals surface area contributed by atoms with Gasteiger partial charge in [0.1, 0.15) is 0 Å². The van der Waals surface area contributed by atoms with Crippen LogP contribution in [0.2, 0.25) is 0 Å². The fraction of sp³-hybridized carbons (Fsp3) is 0.176. The van der Waals surface area contributed by atoms with Crippen LogP contribution in [0.1, 0.15) is 28.3 Å². The van der Waals surface area contributed by atoms with E-state index in [2.05, 4.69) is 65.7 Å². The Bertz CT molecular complexity index is 627.